The zero-order valence-corrected chi connectivity index (χ0v) is 10.5. The summed E-state index contributed by atoms with van der Waals surface area (Å²) in [5, 5.41) is 0. The predicted octanol–water partition coefficient (Wildman–Crippen LogP) is 5.51. The van der Waals surface area contributed by atoms with E-state index in [1.165, 1.54) is 0 Å². The fraction of sp³-hybridized carbons (Fsp3) is 1.00. The summed E-state index contributed by atoms with van der Waals surface area (Å²) in [6.45, 7) is 0. The van der Waals surface area contributed by atoms with Crippen molar-refractivity contribution in [2.45, 2.75) is 11.8 Å². The van der Waals surface area contributed by atoms with Crippen molar-refractivity contribution < 1.29 is 26.3 Å². The van der Waals surface area contributed by atoms with Gasteiger partial charge in [-0.05, 0) is 0 Å². The Morgan fingerprint density at radius 2 is 0.833 bits per heavy atom. The maximum atomic E-state index is 11.9. The van der Waals surface area contributed by atoms with Gasteiger partial charge in [0.25, 0.3) is 0 Å². The Morgan fingerprint density at radius 1 is 0.667 bits per heavy atom. The Bertz CT molecular complexity index is 166. The van der Waals surface area contributed by atoms with E-state index >= 15 is 0 Å². The number of rotatable bonds is 0. The summed E-state index contributed by atoms with van der Waals surface area (Å²) in [4.78, 5) is 0. The van der Waals surface area contributed by atoms with E-state index in [9.17, 15) is 26.3 Å². The molecule has 0 aliphatic carbocycles. The molecule has 0 aromatic carbocycles. The molecule has 10 heteroatoms. The second-order valence-corrected chi connectivity index (χ2v) is 25.7. The first-order chi connectivity index (χ1) is 4.79. The van der Waals surface area contributed by atoms with Crippen LogP contribution in [0.4, 0.5) is 26.3 Å². The van der Waals surface area contributed by atoms with E-state index in [2.05, 4.69) is 0 Å². The van der Waals surface area contributed by atoms with E-state index in [1.807, 2.05) is 0 Å². The van der Waals surface area contributed by atoms with E-state index < -0.39 is 14.5 Å². The molecule has 0 heterocycles. The van der Waals surface area contributed by atoms with Crippen molar-refractivity contribution in [3.05, 3.63) is 0 Å². The molecule has 0 saturated carbocycles. The van der Waals surface area contributed by atoms with Crippen LogP contribution in [0.25, 0.3) is 0 Å². The molecule has 0 fully saturated rings. The van der Waals surface area contributed by atoms with Crippen LogP contribution < -0.4 is 0 Å². The van der Waals surface area contributed by atoms with E-state index in [-0.39, 0.29) is 0 Å². The Morgan fingerprint density at radius 3 is 0.833 bits per heavy atom. The van der Waals surface area contributed by atoms with Gasteiger partial charge in [0, 0.05) is 0 Å². The Labute approximate surface area is 87.2 Å². The second kappa shape index (κ2) is 2.97. The number of hydrogen-bond donors (Lipinski definition) is 0. The molecule has 12 heavy (non-hydrogen) atoms. The van der Waals surface area contributed by atoms with Crippen LogP contribution in [-0.2, 0) is 0 Å². The molecule has 0 saturated heterocycles. The van der Waals surface area contributed by atoms with Crippen LogP contribution in [0.2, 0.25) is 0 Å². The number of hydrogen-bond acceptors (Lipinski definition) is 0. The van der Waals surface area contributed by atoms with Crippen LogP contribution in [-0.4, -0.2) is 11.8 Å². The third kappa shape index (κ3) is 1.93. The van der Waals surface area contributed by atoms with Gasteiger partial charge in [-0.3, -0.25) is 0 Å². The first-order valence-corrected chi connectivity index (χ1v) is 10.4. The zero-order valence-electron chi connectivity index (χ0n) is 4.85. The summed E-state index contributed by atoms with van der Waals surface area (Å²) in [6.07, 6.45) is 0. The van der Waals surface area contributed by atoms with Gasteiger partial charge in [-0.25, -0.2) is 0 Å². The molecular weight excluding hydrogens is 409 g/mol. The minimum atomic E-state index is -6.14. The zero-order chi connectivity index (χ0) is 10.4. The van der Waals surface area contributed by atoms with Gasteiger partial charge in [0.05, 0.1) is 0 Å². The van der Waals surface area contributed by atoms with Crippen LogP contribution in [0.15, 0.2) is 0 Å². The van der Waals surface area contributed by atoms with Gasteiger partial charge in [0.1, 0.15) is 0 Å². The number of halogens is 9. The van der Waals surface area contributed by atoms with E-state index in [0.29, 0.717) is 0 Å². The molecule has 0 bridgehead atoms. The molecule has 0 N–H and O–H groups in total. The van der Waals surface area contributed by atoms with Gasteiger partial charge in [-0.15, -0.1) is 0 Å². The molecule has 0 aliphatic heterocycles. The standard InChI is InChI=1S/C2Br3F6P/c3-12(4,5,1(6,7)8)2(9,10)11. The molecule has 0 spiro atoms. The third-order valence-corrected chi connectivity index (χ3v) is 9.72. The minimum absolute atomic E-state index is 1.64. The van der Waals surface area contributed by atoms with E-state index in [0.717, 1.165) is 0 Å². The normalized spacial score (nSPS) is 18.6. The molecule has 0 amide bonds. The molecule has 0 atom stereocenters. The van der Waals surface area contributed by atoms with E-state index in [1.54, 1.807) is 46.5 Å². The summed E-state index contributed by atoms with van der Waals surface area (Å²) in [7, 11) is 0. The van der Waals surface area contributed by atoms with Gasteiger partial charge in [-0.2, -0.15) is 0 Å². The quantitative estimate of drug-likeness (QED) is 0.366. The topological polar surface area (TPSA) is 0 Å². The molecule has 0 radical (unpaired) electrons. The summed E-state index contributed by atoms with van der Waals surface area (Å²) >= 11 is 4.92. The van der Waals surface area contributed by atoms with Crippen molar-refractivity contribution >= 4 is 49.2 Å². The second-order valence-electron chi connectivity index (χ2n) is 1.75. The van der Waals surface area contributed by atoms with Crippen LogP contribution in [0, 0.1) is 0 Å². The fourth-order valence-electron chi connectivity index (χ4n) is 0.144. The van der Waals surface area contributed by atoms with Gasteiger partial charge in [0.2, 0.25) is 0 Å². The fourth-order valence-corrected chi connectivity index (χ4v) is 0.431. The number of alkyl halides is 6. The summed E-state index contributed by atoms with van der Waals surface area (Å²) < 4.78 is 65.3. The molecule has 0 aromatic heterocycles. The van der Waals surface area contributed by atoms with Crippen molar-refractivity contribution in [2.24, 2.45) is 0 Å². The summed E-state index contributed by atoms with van der Waals surface area (Å²) in [5.41, 5.74) is 0. The molecule has 0 nitrogen and oxygen atoms in total. The van der Waals surface area contributed by atoms with Gasteiger partial charge in [-0.1, -0.05) is 0 Å². The monoisotopic (exact) mass is 406 g/mol. The van der Waals surface area contributed by atoms with Crippen LogP contribution in [0.5, 0.6) is 0 Å². The molecule has 0 aromatic rings. The van der Waals surface area contributed by atoms with Gasteiger partial charge < -0.3 is 0 Å². The van der Waals surface area contributed by atoms with Gasteiger partial charge >= 0.3 is 87.4 Å². The van der Waals surface area contributed by atoms with Crippen LogP contribution in [0.3, 0.4) is 0 Å². The summed E-state index contributed by atoms with van der Waals surface area (Å²) in [5.74, 6) is -10.9. The van der Waals surface area contributed by atoms with E-state index in [4.69, 9.17) is 0 Å². The Hall–Kier alpha value is 1.45. The average molecular weight is 409 g/mol. The maximum absolute atomic E-state index is 11.9. The Balaban J connectivity index is 5.29. The average Bonchev–Trinajstić information content (AvgIpc) is 1.55. The first kappa shape index (κ1) is 13.4. The van der Waals surface area contributed by atoms with Crippen LogP contribution in [0.1, 0.15) is 0 Å². The van der Waals surface area contributed by atoms with Crippen molar-refractivity contribution in [2.75, 3.05) is 0 Å². The van der Waals surface area contributed by atoms with Crippen molar-refractivity contribution in [1.82, 2.24) is 0 Å². The molecule has 0 aliphatic rings. The SMILES string of the molecule is FC(F)(F)P(Br)(Br)(Br)C(F)(F)F. The van der Waals surface area contributed by atoms with Crippen molar-refractivity contribution in [1.29, 1.82) is 0 Å². The molecule has 0 rings (SSSR count). The first-order valence-electron chi connectivity index (χ1n) is 2.09. The summed E-state index contributed by atoms with van der Waals surface area (Å²) in [6, 6.07) is 0. The third-order valence-electron chi connectivity index (χ3n) is 0.829. The van der Waals surface area contributed by atoms with Gasteiger partial charge in [0.15, 0.2) is 0 Å². The predicted molar refractivity (Wildman–Crippen MR) is 45.8 cm³/mol. The molecular formula is C2Br3F6P. The van der Waals surface area contributed by atoms with Crippen molar-refractivity contribution in [3.63, 3.8) is 0 Å². The van der Waals surface area contributed by atoms with Crippen LogP contribution >= 0.6 is 49.2 Å². The molecule has 76 valence electrons. The van der Waals surface area contributed by atoms with Crippen molar-refractivity contribution in [3.8, 4) is 0 Å². The Kier molecular flexibility index (Phi) is 3.33. The molecule has 0 unspecified atom stereocenters.